The van der Waals surface area contributed by atoms with Crippen molar-refractivity contribution in [3.63, 3.8) is 0 Å². The van der Waals surface area contributed by atoms with E-state index in [0.29, 0.717) is 0 Å². The van der Waals surface area contributed by atoms with Crippen LogP contribution in [0.5, 0.6) is 0 Å². The predicted molar refractivity (Wildman–Crippen MR) is 66.6 cm³/mol. The van der Waals surface area contributed by atoms with Crippen molar-refractivity contribution in [2.75, 3.05) is 5.73 Å². The van der Waals surface area contributed by atoms with Gasteiger partial charge in [0.1, 0.15) is 0 Å². The second kappa shape index (κ2) is 3.90. The molecule has 0 radical (unpaired) electrons. The third-order valence-corrected chi connectivity index (χ3v) is 2.63. The number of hydrogen-bond donors (Lipinski definition) is 1. The van der Waals surface area contributed by atoms with Crippen molar-refractivity contribution in [3.05, 3.63) is 60.0 Å². The first-order valence-electron chi connectivity index (χ1n) is 5.46. The number of nitrogen functional groups attached to an aromatic ring is 1. The molecule has 0 aliphatic heterocycles. The number of aromatic nitrogens is 3. The summed E-state index contributed by atoms with van der Waals surface area (Å²) in [6.07, 6.45) is 2.62. The lowest BCUT2D eigenvalue weighted by Gasteiger charge is -1.97. The molecule has 3 rings (SSSR count). The molecule has 3 aromatic rings. The number of anilines is 1. The lowest BCUT2D eigenvalue weighted by atomic mass is 10.1. The quantitative estimate of drug-likeness (QED) is 0.676. The molecule has 0 atom stereocenters. The number of fused-ring (bicyclic) bond motifs is 1. The maximum Gasteiger partial charge on any atom is 0.156 e. The monoisotopic (exact) mass is 224 g/mol. The van der Waals surface area contributed by atoms with E-state index in [1.54, 1.807) is 4.52 Å². The van der Waals surface area contributed by atoms with E-state index in [1.165, 1.54) is 0 Å². The first-order valence-corrected chi connectivity index (χ1v) is 5.46. The van der Waals surface area contributed by atoms with Gasteiger partial charge in [0.2, 0.25) is 0 Å². The highest BCUT2D eigenvalue weighted by molar-refractivity contribution is 5.41. The summed E-state index contributed by atoms with van der Waals surface area (Å²) >= 11 is 0. The van der Waals surface area contributed by atoms with E-state index in [4.69, 9.17) is 5.73 Å². The minimum absolute atomic E-state index is 0.724. The minimum Gasteiger partial charge on any atom is -0.399 e. The average Bonchev–Trinajstić information content (AvgIpc) is 2.74. The van der Waals surface area contributed by atoms with Gasteiger partial charge < -0.3 is 5.73 Å². The number of rotatable bonds is 2. The van der Waals surface area contributed by atoms with Crippen molar-refractivity contribution in [3.8, 4) is 0 Å². The standard InChI is InChI=1S/C13H12N4/c14-11-6-4-10(5-7-11)9-12-15-13-3-1-2-8-17(13)16-12/h1-8H,9,14H2. The van der Waals surface area contributed by atoms with Gasteiger partial charge in [0.25, 0.3) is 0 Å². The van der Waals surface area contributed by atoms with Gasteiger partial charge in [-0.15, -0.1) is 0 Å². The van der Waals surface area contributed by atoms with Crippen LogP contribution >= 0.6 is 0 Å². The molecule has 4 nitrogen and oxygen atoms in total. The topological polar surface area (TPSA) is 56.2 Å². The third-order valence-electron chi connectivity index (χ3n) is 2.63. The summed E-state index contributed by atoms with van der Waals surface area (Å²) in [5, 5.41) is 4.40. The van der Waals surface area contributed by atoms with E-state index in [1.807, 2.05) is 48.7 Å². The largest absolute Gasteiger partial charge is 0.399 e. The molecule has 17 heavy (non-hydrogen) atoms. The van der Waals surface area contributed by atoms with Crippen molar-refractivity contribution in [2.24, 2.45) is 0 Å². The Morgan fingerprint density at radius 2 is 1.88 bits per heavy atom. The first-order chi connectivity index (χ1) is 8.31. The van der Waals surface area contributed by atoms with E-state index in [2.05, 4.69) is 10.1 Å². The average molecular weight is 224 g/mol. The van der Waals surface area contributed by atoms with Crippen LogP contribution in [0.15, 0.2) is 48.7 Å². The summed E-state index contributed by atoms with van der Waals surface area (Å²) in [6.45, 7) is 0. The van der Waals surface area contributed by atoms with Crippen LogP contribution in [0.25, 0.3) is 5.65 Å². The highest BCUT2D eigenvalue weighted by atomic mass is 15.3. The van der Waals surface area contributed by atoms with Crippen LogP contribution in [0.3, 0.4) is 0 Å². The summed E-state index contributed by atoms with van der Waals surface area (Å²) in [6, 6.07) is 13.6. The fourth-order valence-corrected chi connectivity index (χ4v) is 1.77. The van der Waals surface area contributed by atoms with Gasteiger partial charge in [0.15, 0.2) is 11.5 Å². The Kier molecular flexibility index (Phi) is 2.26. The molecule has 0 amide bonds. The van der Waals surface area contributed by atoms with E-state index in [-0.39, 0.29) is 0 Å². The van der Waals surface area contributed by atoms with Gasteiger partial charge in [0.05, 0.1) is 0 Å². The molecule has 2 N–H and O–H groups in total. The van der Waals surface area contributed by atoms with Crippen LogP contribution in [0, 0.1) is 0 Å². The number of pyridine rings is 1. The molecule has 2 aromatic heterocycles. The Balaban J connectivity index is 1.92. The Bertz CT molecular complexity index is 607. The van der Waals surface area contributed by atoms with Crippen LogP contribution in [-0.2, 0) is 6.42 Å². The molecule has 0 aliphatic rings. The molecule has 0 aliphatic carbocycles. The molecule has 0 bridgehead atoms. The Labute approximate surface area is 98.7 Å². The summed E-state index contributed by atoms with van der Waals surface area (Å²) in [5.74, 6) is 0.820. The zero-order chi connectivity index (χ0) is 11.7. The van der Waals surface area contributed by atoms with Crippen molar-refractivity contribution in [1.29, 1.82) is 0 Å². The Hall–Kier alpha value is -2.36. The summed E-state index contributed by atoms with van der Waals surface area (Å²) < 4.78 is 1.78. The van der Waals surface area contributed by atoms with E-state index in [0.717, 1.165) is 29.1 Å². The zero-order valence-electron chi connectivity index (χ0n) is 9.24. The minimum atomic E-state index is 0.724. The molecule has 1 aromatic carbocycles. The van der Waals surface area contributed by atoms with Gasteiger partial charge in [-0.2, -0.15) is 5.10 Å². The summed E-state index contributed by atoms with van der Waals surface area (Å²) in [4.78, 5) is 4.45. The molecular weight excluding hydrogens is 212 g/mol. The number of nitrogens with two attached hydrogens (primary N) is 1. The van der Waals surface area contributed by atoms with E-state index < -0.39 is 0 Å². The van der Waals surface area contributed by atoms with Crippen LogP contribution in [-0.4, -0.2) is 14.6 Å². The second-order valence-electron chi connectivity index (χ2n) is 3.95. The molecule has 0 fully saturated rings. The third kappa shape index (κ3) is 1.97. The normalized spacial score (nSPS) is 10.8. The lowest BCUT2D eigenvalue weighted by molar-refractivity contribution is 0.900. The smallest absolute Gasteiger partial charge is 0.156 e. The maximum atomic E-state index is 5.65. The van der Waals surface area contributed by atoms with Crippen LogP contribution in [0.2, 0.25) is 0 Å². The number of benzene rings is 1. The van der Waals surface area contributed by atoms with Gasteiger partial charge in [-0.1, -0.05) is 18.2 Å². The van der Waals surface area contributed by atoms with Crippen molar-refractivity contribution >= 4 is 11.3 Å². The number of nitrogens with zero attached hydrogens (tertiary/aromatic N) is 3. The maximum absolute atomic E-state index is 5.65. The highest BCUT2D eigenvalue weighted by Gasteiger charge is 2.03. The Morgan fingerprint density at radius 3 is 2.65 bits per heavy atom. The molecular formula is C13H12N4. The molecule has 4 heteroatoms. The molecule has 0 saturated carbocycles. The summed E-state index contributed by atoms with van der Waals surface area (Å²) in [5.41, 5.74) is 8.46. The highest BCUT2D eigenvalue weighted by Crippen LogP contribution is 2.10. The van der Waals surface area contributed by atoms with Crippen molar-refractivity contribution in [1.82, 2.24) is 14.6 Å². The van der Waals surface area contributed by atoms with Gasteiger partial charge in [-0.05, 0) is 29.8 Å². The zero-order valence-corrected chi connectivity index (χ0v) is 9.24. The fourth-order valence-electron chi connectivity index (χ4n) is 1.77. The van der Waals surface area contributed by atoms with Crippen LogP contribution in [0.4, 0.5) is 5.69 Å². The number of hydrogen-bond acceptors (Lipinski definition) is 3. The summed E-state index contributed by atoms with van der Waals surface area (Å²) in [7, 11) is 0. The second-order valence-corrected chi connectivity index (χ2v) is 3.95. The van der Waals surface area contributed by atoms with Crippen LogP contribution in [0.1, 0.15) is 11.4 Å². The Morgan fingerprint density at radius 1 is 1.06 bits per heavy atom. The molecule has 0 unspecified atom stereocenters. The first kappa shape index (κ1) is 9.84. The SMILES string of the molecule is Nc1ccc(Cc2nc3ccccn3n2)cc1. The molecule has 84 valence electrons. The van der Waals surface area contributed by atoms with Gasteiger partial charge in [-0.25, -0.2) is 9.50 Å². The molecule has 2 heterocycles. The van der Waals surface area contributed by atoms with E-state index in [9.17, 15) is 0 Å². The van der Waals surface area contributed by atoms with Gasteiger partial charge in [0, 0.05) is 18.3 Å². The van der Waals surface area contributed by atoms with Crippen molar-refractivity contribution in [2.45, 2.75) is 6.42 Å². The van der Waals surface area contributed by atoms with Crippen molar-refractivity contribution < 1.29 is 0 Å². The predicted octanol–water partition coefficient (Wildman–Crippen LogP) is 1.90. The fraction of sp³-hybridized carbons (Fsp3) is 0.0769. The van der Waals surface area contributed by atoms with Gasteiger partial charge in [-0.3, -0.25) is 0 Å². The van der Waals surface area contributed by atoms with E-state index >= 15 is 0 Å². The van der Waals surface area contributed by atoms with Crippen LogP contribution < -0.4 is 5.73 Å². The molecule has 0 spiro atoms. The lowest BCUT2D eigenvalue weighted by Crippen LogP contribution is -1.92. The van der Waals surface area contributed by atoms with Gasteiger partial charge >= 0.3 is 0 Å². The molecule has 0 saturated heterocycles.